The lowest BCUT2D eigenvalue weighted by molar-refractivity contribution is -0.135. The monoisotopic (exact) mass is 347 g/mol. The fourth-order valence-corrected chi connectivity index (χ4v) is 1.25. The zero-order chi connectivity index (χ0) is 17.8. The third-order valence-electron chi connectivity index (χ3n) is 2.23. The van der Waals surface area contributed by atoms with Gasteiger partial charge in [-0.3, -0.25) is 9.59 Å². The second kappa shape index (κ2) is 22.6. The van der Waals surface area contributed by atoms with E-state index in [0.29, 0.717) is 6.42 Å². The molecule has 0 aliphatic rings. The summed E-state index contributed by atoms with van der Waals surface area (Å²) in [6, 6.07) is 4.00. The zero-order valence-corrected chi connectivity index (χ0v) is 16.5. The summed E-state index contributed by atoms with van der Waals surface area (Å²) in [5.41, 5.74) is 0. The number of rotatable bonds is 5. The van der Waals surface area contributed by atoms with Crippen LogP contribution < -0.4 is 0 Å². The second-order valence-electron chi connectivity index (χ2n) is 4.43. The van der Waals surface area contributed by atoms with Crippen molar-refractivity contribution < 1.29 is 9.59 Å². The van der Waals surface area contributed by atoms with Gasteiger partial charge in [-0.15, -0.1) is 0 Å². The summed E-state index contributed by atoms with van der Waals surface area (Å²) >= 11 is 7.84. The molecule has 0 amide bonds. The molecule has 0 aliphatic carbocycles. The minimum absolute atomic E-state index is 0.292. The van der Waals surface area contributed by atoms with Crippen LogP contribution in [-0.2, 0) is 16.6 Å². The normalized spacial score (nSPS) is 8.32. The summed E-state index contributed by atoms with van der Waals surface area (Å²) < 4.78 is 2.00. The molecule has 3 nitrogen and oxygen atoms in total. The first-order valence-corrected chi connectivity index (χ1v) is 8.99. The number of unbranched alkanes of at least 4 members (excludes halogenated alkanes) is 2. The molecular formula is C17H33NO2S2. The predicted octanol–water partition coefficient (Wildman–Crippen LogP) is 4.62. The van der Waals surface area contributed by atoms with Gasteiger partial charge in [0.15, 0.2) is 11.6 Å². The van der Waals surface area contributed by atoms with Crippen LogP contribution in [0.5, 0.6) is 0 Å². The highest BCUT2D eigenvalue weighted by Gasteiger charge is 2.00. The first-order chi connectivity index (χ1) is 10.4. The van der Waals surface area contributed by atoms with Crippen molar-refractivity contribution in [1.82, 2.24) is 4.57 Å². The maximum Gasteiger partial charge on any atom is 0.197 e. The first-order valence-electron chi connectivity index (χ1n) is 7.73. The van der Waals surface area contributed by atoms with Crippen molar-refractivity contribution in [2.24, 2.45) is 7.05 Å². The topological polar surface area (TPSA) is 39.1 Å². The summed E-state index contributed by atoms with van der Waals surface area (Å²) in [4.78, 5) is 20.2. The van der Waals surface area contributed by atoms with Gasteiger partial charge in [-0.2, -0.15) is 25.3 Å². The molecule has 1 aromatic heterocycles. The van der Waals surface area contributed by atoms with Crippen molar-refractivity contribution >= 4 is 36.8 Å². The molecule has 0 saturated carbocycles. The Morgan fingerprint density at radius 2 is 1.45 bits per heavy atom. The van der Waals surface area contributed by atoms with Gasteiger partial charge in [0.25, 0.3) is 0 Å². The Bertz CT molecular complexity index is 334. The van der Waals surface area contributed by atoms with Gasteiger partial charge in [0.2, 0.25) is 0 Å². The van der Waals surface area contributed by atoms with Crippen LogP contribution in [0.2, 0.25) is 0 Å². The van der Waals surface area contributed by atoms with Gasteiger partial charge in [-0.1, -0.05) is 33.6 Å². The van der Waals surface area contributed by atoms with Gasteiger partial charge in [0, 0.05) is 32.8 Å². The fraction of sp³-hybridized carbons (Fsp3) is 0.647. The number of hydrogen-bond acceptors (Lipinski definition) is 4. The van der Waals surface area contributed by atoms with Gasteiger partial charge in [0.05, 0.1) is 0 Å². The summed E-state index contributed by atoms with van der Waals surface area (Å²) in [6.45, 7) is 7.14. The van der Waals surface area contributed by atoms with E-state index >= 15 is 0 Å². The second-order valence-corrected chi connectivity index (χ2v) is 5.51. The molecule has 5 heteroatoms. The highest BCUT2D eigenvalue weighted by atomic mass is 32.1. The Kier molecular flexibility index (Phi) is 26.9. The number of hydrogen-bond donors (Lipinski definition) is 2. The summed E-state index contributed by atoms with van der Waals surface area (Å²) in [5, 5.41) is 0. The van der Waals surface area contributed by atoms with Crippen LogP contribution in [0.25, 0.3) is 0 Å². The Morgan fingerprint density at radius 3 is 1.55 bits per heavy atom. The van der Waals surface area contributed by atoms with Crippen molar-refractivity contribution in [3.05, 3.63) is 24.5 Å². The van der Waals surface area contributed by atoms with E-state index in [9.17, 15) is 9.59 Å². The van der Waals surface area contributed by atoms with Gasteiger partial charge in [-0.25, -0.2) is 0 Å². The molecular weight excluding hydrogens is 314 g/mol. The standard InChI is InChI=1S/C5H7N.C5H8O2.C5H12S.C2H6S/c1-6-4-2-3-5-6;1-3-5(7)4(2)6;1-2-3-4-5-6;1-2-3/h2-5H,1H3;3H2,1-2H3;6H,2-5H2,1H3;3H,2H2,1H3. The van der Waals surface area contributed by atoms with E-state index in [4.69, 9.17) is 0 Å². The van der Waals surface area contributed by atoms with Crippen LogP contribution in [-0.4, -0.2) is 27.6 Å². The quantitative estimate of drug-likeness (QED) is 0.463. The molecule has 0 unspecified atom stereocenters. The molecule has 0 N–H and O–H groups in total. The minimum atomic E-state index is -0.345. The molecule has 0 radical (unpaired) electrons. The van der Waals surface area contributed by atoms with E-state index < -0.39 is 0 Å². The zero-order valence-electron chi connectivity index (χ0n) is 14.7. The van der Waals surface area contributed by atoms with Gasteiger partial charge in [-0.05, 0) is 30.1 Å². The molecule has 0 aliphatic heterocycles. The Balaban J connectivity index is -0.000000227. The van der Waals surface area contributed by atoms with E-state index in [1.807, 2.05) is 43.1 Å². The van der Waals surface area contributed by atoms with Crippen LogP contribution in [0.1, 0.15) is 53.4 Å². The van der Waals surface area contributed by atoms with Crippen molar-refractivity contribution in [2.45, 2.75) is 53.4 Å². The fourth-order valence-electron chi connectivity index (χ4n) is 1.03. The number of carbonyl (C=O) groups is 2. The largest absolute Gasteiger partial charge is 0.357 e. The maximum absolute atomic E-state index is 10.2. The predicted molar refractivity (Wildman–Crippen MR) is 104 cm³/mol. The smallest absolute Gasteiger partial charge is 0.197 e. The van der Waals surface area contributed by atoms with Crippen molar-refractivity contribution in [2.75, 3.05) is 11.5 Å². The van der Waals surface area contributed by atoms with E-state index in [1.54, 1.807) is 6.92 Å². The Hall–Kier alpha value is -0.680. The molecule has 0 bridgehead atoms. The Morgan fingerprint density at radius 1 is 1.00 bits per heavy atom. The number of thiol groups is 2. The summed E-state index contributed by atoms with van der Waals surface area (Å²) in [5.74, 6) is 1.36. The van der Waals surface area contributed by atoms with Gasteiger partial charge >= 0.3 is 0 Å². The molecule has 0 fully saturated rings. The SMILES string of the molecule is CCC(=O)C(C)=O.CCCCCS.CCS.Cn1cccc1. The van der Waals surface area contributed by atoms with Crippen molar-refractivity contribution in [1.29, 1.82) is 0 Å². The van der Waals surface area contributed by atoms with Gasteiger partial charge in [0.1, 0.15) is 0 Å². The van der Waals surface area contributed by atoms with E-state index in [2.05, 4.69) is 32.2 Å². The van der Waals surface area contributed by atoms with E-state index in [-0.39, 0.29) is 11.6 Å². The molecule has 1 heterocycles. The number of carbonyl (C=O) groups excluding carboxylic acids is 2. The maximum atomic E-state index is 10.2. The molecule has 130 valence electrons. The molecule has 22 heavy (non-hydrogen) atoms. The lowest BCUT2D eigenvalue weighted by atomic mass is 10.2. The molecule has 1 aromatic rings. The average Bonchev–Trinajstić information content (AvgIpc) is 2.97. The molecule has 0 saturated heterocycles. The lowest BCUT2D eigenvalue weighted by Crippen LogP contribution is -2.06. The van der Waals surface area contributed by atoms with E-state index in [0.717, 1.165) is 11.5 Å². The number of aryl methyl sites for hydroxylation is 1. The van der Waals surface area contributed by atoms with Crippen molar-refractivity contribution in [3.8, 4) is 0 Å². The van der Waals surface area contributed by atoms with Crippen LogP contribution >= 0.6 is 25.3 Å². The van der Waals surface area contributed by atoms with Crippen LogP contribution in [0, 0.1) is 0 Å². The molecule has 0 atom stereocenters. The summed E-state index contributed by atoms with van der Waals surface area (Å²) in [6.07, 6.45) is 8.25. The highest BCUT2D eigenvalue weighted by molar-refractivity contribution is 7.80. The first kappa shape index (κ1) is 26.2. The number of Topliss-reactive ketones (excluding diaryl/α,β-unsaturated/α-hetero) is 2. The average molecular weight is 348 g/mol. The Labute approximate surface area is 147 Å². The lowest BCUT2D eigenvalue weighted by Gasteiger charge is -1.85. The van der Waals surface area contributed by atoms with Crippen LogP contribution in [0.4, 0.5) is 0 Å². The number of aromatic nitrogens is 1. The van der Waals surface area contributed by atoms with Gasteiger partial charge < -0.3 is 4.57 Å². The van der Waals surface area contributed by atoms with Crippen molar-refractivity contribution in [3.63, 3.8) is 0 Å². The molecule has 1 rings (SSSR count). The number of ketones is 2. The molecule has 0 aromatic carbocycles. The number of nitrogens with zero attached hydrogens (tertiary/aromatic N) is 1. The molecule has 0 spiro atoms. The van der Waals surface area contributed by atoms with Crippen LogP contribution in [0.3, 0.4) is 0 Å². The van der Waals surface area contributed by atoms with Crippen LogP contribution in [0.15, 0.2) is 24.5 Å². The third kappa shape index (κ3) is 27.6. The minimum Gasteiger partial charge on any atom is -0.357 e. The highest BCUT2D eigenvalue weighted by Crippen LogP contribution is 1.93. The van der Waals surface area contributed by atoms with E-state index in [1.165, 1.54) is 26.2 Å². The third-order valence-corrected chi connectivity index (χ3v) is 2.55. The summed E-state index contributed by atoms with van der Waals surface area (Å²) in [7, 11) is 2.00.